The molecule has 1 fully saturated rings. The van der Waals surface area contributed by atoms with Gasteiger partial charge in [0.1, 0.15) is 0 Å². The van der Waals surface area contributed by atoms with Gasteiger partial charge in [0.05, 0.1) is 0 Å². The molecule has 1 saturated heterocycles. The standard InChI is InChI=1S/C17H19BrN2/c18-16-9-5-4-8-15(16)17-13-20(11-10-19-17)12-14-6-2-1-3-7-14/h1-9,17,19H,10-13H2/t17-/m0/s1. The monoisotopic (exact) mass is 330 g/mol. The molecule has 104 valence electrons. The third kappa shape index (κ3) is 3.29. The molecule has 0 bridgehead atoms. The number of halogens is 1. The Hall–Kier alpha value is -1.16. The molecule has 2 nitrogen and oxygen atoms in total. The molecule has 0 aliphatic carbocycles. The van der Waals surface area contributed by atoms with Gasteiger partial charge in [-0.05, 0) is 17.2 Å². The Bertz CT molecular complexity index is 556. The molecule has 1 aliphatic heterocycles. The van der Waals surface area contributed by atoms with Crippen LogP contribution in [-0.2, 0) is 6.54 Å². The van der Waals surface area contributed by atoms with Gasteiger partial charge in [-0.15, -0.1) is 0 Å². The largest absolute Gasteiger partial charge is 0.308 e. The third-order valence-electron chi connectivity index (χ3n) is 3.79. The number of hydrogen-bond donors (Lipinski definition) is 1. The van der Waals surface area contributed by atoms with E-state index in [9.17, 15) is 0 Å². The molecule has 1 heterocycles. The summed E-state index contributed by atoms with van der Waals surface area (Å²) in [6.45, 7) is 4.23. The summed E-state index contributed by atoms with van der Waals surface area (Å²) >= 11 is 3.66. The van der Waals surface area contributed by atoms with E-state index in [4.69, 9.17) is 0 Å². The first-order valence-electron chi connectivity index (χ1n) is 7.07. The Balaban J connectivity index is 1.69. The average Bonchev–Trinajstić information content (AvgIpc) is 2.49. The van der Waals surface area contributed by atoms with Crippen molar-refractivity contribution in [3.8, 4) is 0 Å². The van der Waals surface area contributed by atoms with Gasteiger partial charge in [0, 0.05) is 36.7 Å². The summed E-state index contributed by atoms with van der Waals surface area (Å²) in [4.78, 5) is 2.52. The topological polar surface area (TPSA) is 15.3 Å². The Labute approximate surface area is 128 Å². The van der Waals surface area contributed by atoms with E-state index in [0.717, 1.165) is 26.2 Å². The smallest absolute Gasteiger partial charge is 0.0461 e. The first kappa shape index (κ1) is 13.8. The maximum absolute atomic E-state index is 3.66. The summed E-state index contributed by atoms with van der Waals surface area (Å²) in [7, 11) is 0. The van der Waals surface area contributed by atoms with Crippen molar-refractivity contribution in [2.75, 3.05) is 19.6 Å². The first-order chi connectivity index (χ1) is 9.83. The van der Waals surface area contributed by atoms with E-state index in [1.807, 2.05) is 0 Å². The van der Waals surface area contributed by atoms with E-state index in [0.29, 0.717) is 6.04 Å². The van der Waals surface area contributed by atoms with E-state index in [1.54, 1.807) is 0 Å². The molecule has 0 saturated carbocycles. The molecule has 1 N–H and O–H groups in total. The summed E-state index contributed by atoms with van der Waals surface area (Å²) in [6, 6.07) is 19.6. The number of nitrogens with one attached hydrogen (secondary N) is 1. The van der Waals surface area contributed by atoms with Gasteiger partial charge in [-0.3, -0.25) is 4.90 Å². The van der Waals surface area contributed by atoms with Crippen molar-refractivity contribution in [2.24, 2.45) is 0 Å². The molecule has 3 rings (SSSR count). The molecule has 1 atom stereocenters. The molecule has 3 heteroatoms. The van der Waals surface area contributed by atoms with Gasteiger partial charge in [-0.2, -0.15) is 0 Å². The van der Waals surface area contributed by atoms with Crippen LogP contribution in [0.25, 0.3) is 0 Å². The Kier molecular flexibility index (Phi) is 4.51. The van der Waals surface area contributed by atoms with Gasteiger partial charge in [-0.25, -0.2) is 0 Å². The summed E-state index contributed by atoms with van der Waals surface area (Å²) in [6.07, 6.45) is 0. The van der Waals surface area contributed by atoms with Gasteiger partial charge in [0.15, 0.2) is 0 Å². The molecule has 0 spiro atoms. The maximum atomic E-state index is 3.66. The van der Waals surface area contributed by atoms with E-state index in [-0.39, 0.29) is 0 Å². The normalized spacial score (nSPS) is 19.9. The lowest BCUT2D eigenvalue weighted by molar-refractivity contribution is 0.193. The van der Waals surface area contributed by atoms with Crippen LogP contribution in [-0.4, -0.2) is 24.5 Å². The van der Waals surface area contributed by atoms with Gasteiger partial charge in [0.25, 0.3) is 0 Å². The van der Waals surface area contributed by atoms with Crippen molar-refractivity contribution in [3.63, 3.8) is 0 Å². The summed E-state index contributed by atoms with van der Waals surface area (Å²) in [5.41, 5.74) is 2.74. The molecular formula is C17H19BrN2. The number of piperazine rings is 1. The van der Waals surface area contributed by atoms with Crippen LogP contribution in [0, 0.1) is 0 Å². The minimum atomic E-state index is 0.406. The lowest BCUT2D eigenvalue weighted by atomic mass is 10.0. The quantitative estimate of drug-likeness (QED) is 0.925. The van der Waals surface area contributed by atoms with Crippen LogP contribution in [0.4, 0.5) is 0 Å². The summed E-state index contributed by atoms with van der Waals surface area (Å²) < 4.78 is 1.19. The molecular weight excluding hydrogens is 312 g/mol. The average molecular weight is 331 g/mol. The SMILES string of the molecule is Brc1ccccc1[C@@H]1CN(Cc2ccccc2)CCN1. The zero-order valence-corrected chi connectivity index (χ0v) is 13.0. The summed E-state index contributed by atoms with van der Waals surface area (Å²) in [5, 5.41) is 3.62. The first-order valence-corrected chi connectivity index (χ1v) is 7.86. The van der Waals surface area contributed by atoms with Crippen LogP contribution >= 0.6 is 15.9 Å². The van der Waals surface area contributed by atoms with Crippen LogP contribution in [0.3, 0.4) is 0 Å². The Morgan fingerprint density at radius 3 is 2.60 bits per heavy atom. The van der Waals surface area contributed by atoms with Crippen LogP contribution in [0.15, 0.2) is 59.1 Å². The highest BCUT2D eigenvalue weighted by Gasteiger charge is 2.21. The van der Waals surface area contributed by atoms with Crippen molar-refractivity contribution < 1.29 is 0 Å². The minimum absolute atomic E-state index is 0.406. The zero-order chi connectivity index (χ0) is 13.8. The fraction of sp³-hybridized carbons (Fsp3) is 0.294. The van der Waals surface area contributed by atoms with Gasteiger partial charge in [0.2, 0.25) is 0 Å². The molecule has 0 unspecified atom stereocenters. The van der Waals surface area contributed by atoms with E-state index >= 15 is 0 Å². The maximum Gasteiger partial charge on any atom is 0.0461 e. The number of rotatable bonds is 3. The summed E-state index contributed by atoms with van der Waals surface area (Å²) in [5.74, 6) is 0. The lowest BCUT2D eigenvalue weighted by Gasteiger charge is -2.34. The Morgan fingerprint density at radius 1 is 1.05 bits per heavy atom. The van der Waals surface area contributed by atoms with Crippen molar-refractivity contribution in [3.05, 3.63) is 70.2 Å². The van der Waals surface area contributed by atoms with E-state index < -0.39 is 0 Å². The van der Waals surface area contributed by atoms with E-state index in [1.165, 1.54) is 15.6 Å². The fourth-order valence-corrected chi connectivity index (χ4v) is 3.32. The highest BCUT2D eigenvalue weighted by Crippen LogP contribution is 2.25. The minimum Gasteiger partial charge on any atom is -0.308 e. The van der Waals surface area contributed by atoms with Gasteiger partial charge >= 0.3 is 0 Å². The second kappa shape index (κ2) is 6.53. The molecule has 0 radical (unpaired) electrons. The van der Waals surface area contributed by atoms with Crippen molar-refractivity contribution >= 4 is 15.9 Å². The predicted octanol–water partition coefficient (Wildman–Crippen LogP) is 3.60. The van der Waals surface area contributed by atoms with Crippen LogP contribution in [0.5, 0.6) is 0 Å². The zero-order valence-electron chi connectivity index (χ0n) is 11.4. The molecule has 0 aromatic heterocycles. The lowest BCUT2D eigenvalue weighted by Crippen LogP contribution is -2.45. The molecule has 20 heavy (non-hydrogen) atoms. The van der Waals surface area contributed by atoms with Gasteiger partial charge in [-0.1, -0.05) is 64.5 Å². The highest BCUT2D eigenvalue weighted by atomic mass is 79.9. The fourth-order valence-electron chi connectivity index (χ4n) is 2.76. The second-order valence-electron chi connectivity index (χ2n) is 5.25. The third-order valence-corrected chi connectivity index (χ3v) is 4.51. The molecule has 1 aliphatic rings. The predicted molar refractivity (Wildman–Crippen MR) is 86.6 cm³/mol. The van der Waals surface area contributed by atoms with Crippen LogP contribution < -0.4 is 5.32 Å². The number of benzene rings is 2. The van der Waals surface area contributed by atoms with Crippen LogP contribution in [0.1, 0.15) is 17.2 Å². The molecule has 2 aromatic carbocycles. The van der Waals surface area contributed by atoms with Crippen LogP contribution in [0.2, 0.25) is 0 Å². The number of nitrogens with zero attached hydrogens (tertiary/aromatic N) is 1. The molecule has 0 amide bonds. The van der Waals surface area contributed by atoms with Crippen molar-refractivity contribution in [2.45, 2.75) is 12.6 Å². The highest BCUT2D eigenvalue weighted by molar-refractivity contribution is 9.10. The van der Waals surface area contributed by atoms with E-state index in [2.05, 4.69) is 80.7 Å². The van der Waals surface area contributed by atoms with Crippen molar-refractivity contribution in [1.82, 2.24) is 10.2 Å². The molecule has 2 aromatic rings. The van der Waals surface area contributed by atoms with Gasteiger partial charge < -0.3 is 5.32 Å². The second-order valence-corrected chi connectivity index (χ2v) is 6.10. The van der Waals surface area contributed by atoms with Crippen molar-refractivity contribution in [1.29, 1.82) is 0 Å². The Morgan fingerprint density at radius 2 is 1.80 bits per heavy atom. The number of hydrogen-bond acceptors (Lipinski definition) is 2.